The van der Waals surface area contributed by atoms with Crippen molar-refractivity contribution in [3.8, 4) is 5.82 Å². The van der Waals surface area contributed by atoms with Crippen molar-refractivity contribution in [1.29, 1.82) is 0 Å². The van der Waals surface area contributed by atoms with Gasteiger partial charge in [-0.1, -0.05) is 12.2 Å². The molecule has 182 valence electrons. The smallest absolute Gasteiger partial charge is 0.179 e. The van der Waals surface area contributed by atoms with E-state index in [1.165, 1.54) is 22.9 Å². The third kappa shape index (κ3) is 5.81. The fraction of sp³-hybridized carbons (Fsp3) is 0.304. The summed E-state index contributed by atoms with van der Waals surface area (Å²) in [6.07, 6.45) is 8.36. The van der Waals surface area contributed by atoms with E-state index in [1.54, 1.807) is 18.5 Å². The molecule has 0 spiro atoms. The van der Waals surface area contributed by atoms with Crippen molar-refractivity contribution in [2.45, 2.75) is 11.8 Å². The van der Waals surface area contributed by atoms with Crippen LogP contribution in [-0.4, -0.2) is 67.1 Å². The van der Waals surface area contributed by atoms with E-state index >= 15 is 0 Å². The molecule has 0 atom stereocenters. The predicted molar refractivity (Wildman–Crippen MR) is 130 cm³/mol. The zero-order valence-corrected chi connectivity index (χ0v) is 20.5. The molecule has 1 fully saturated rings. The first-order chi connectivity index (χ1) is 15.7. The van der Waals surface area contributed by atoms with Crippen LogP contribution in [0.1, 0.15) is 11.3 Å². The Balaban J connectivity index is 0.00000324. The highest BCUT2D eigenvalue weighted by atomic mass is 35.5. The van der Waals surface area contributed by atoms with Crippen LogP contribution in [0.2, 0.25) is 0 Å². The van der Waals surface area contributed by atoms with Crippen molar-refractivity contribution < 1.29 is 17.2 Å². The maximum Gasteiger partial charge on any atom is 0.179 e. The van der Waals surface area contributed by atoms with Gasteiger partial charge in [0.15, 0.2) is 15.7 Å². The molecule has 1 aliphatic rings. The minimum Gasteiger partial charge on any atom is -0.369 e. The van der Waals surface area contributed by atoms with E-state index in [0.717, 1.165) is 36.7 Å². The lowest BCUT2D eigenvalue weighted by molar-refractivity contribution is 0.284. The van der Waals surface area contributed by atoms with Crippen molar-refractivity contribution in [2.75, 3.05) is 43.9 Å². The van der Waals surface area contributed by atoms with E-state index in [9.17, 15) is 17.2 Å². The van der Waals surface area contributed by atoms with Crippen molar-refractivity contribution in [2.24, 2.45) is 0 Å². The van der Waals surface area contributed by atoms with E-state index < -0.39 is 21.5 Å². The lowest BCUT2D eigenvalue weighted by atomic mass is 10.2. The van der Waals surface area contributed by atoms with Crippen molar-refractivity contribution >= 4 is 34.0 Å². The van der Waals surface area contributed by atoms with Gasteiger partial charge >= 0.3 is 0 Å². The number of halogens is 3. The van der Waals surface area contributed by atoms with Gasteiger partial charge in [-0.05, 0) is 31.2 Å². The lowest BCUT2D eigenvalue weighted by Gasteiger charge is -2.35. The summed E-state index contributed by atoms with van der Waals surface area (Å²) < 4.78 is 52.7. The SMILES string of the molecule is Cc1c(C=CCN2CCN(c3cc(F)cc(F)c3)CC2)cnn1-c1ncccc1S(C)(=O)=O.Cl. The Morgan fingerprint density at radius 1 is 1.09 bits per heavy atom. The Morgan fingerprint density at radius 2 is 1.76 bits per heavy atom. The Hall–Kier alpha value is -2.82. The van der Waals surface area contributed by atoms with E-state index in [4.69, 9.17) is 0 Å². The highest BCUT2D eigenvalue weighted by molar-refractivity contribution is 7.90. The number of hydrogen-bond acceptors (Lipinski definition) is 6. The Labute approximate surface area is 204 Å². The molecule has 0 radical (unpaired) electrons. The van der Waals surface area contributed by atoms with Gasteiger partial charge in [-0.15, -0.1) is 12.4 Å². The molecule has 0 aliphatic carbocycles. The van der Waals surface area contributed by atoms with Gasteiger partial charge in [0.05, 0.1) is 11.9 Å². The van der Waals surface area contributed by atoms with E-state index in [1.807, 2.05) is 24.0 Å². The monoisotopic (exact) mass is 509 g/mol. The quantitative estimate of drug-likeness (QED) is 0.506. The molecule has 34 heavy (non-hydrogen) atoms. The van der Waals surface area contributed by atoms with E-state index in [-0.39, 0.29) is 23.1 Å². The Kier molecular flexibility index (Phi) is 8.06. The number of pyridine rings is 1. The number of hydrogen-bond donors (Lipinski definition) is 0. The number of sulfone groups is 1. The van der Waals surface area contributed by atoms with Crippen LogP contribution in [-0.2, 0) is 9.84 Å². The molecular weight excluding hydrogens is 484 g/mol. The molecule has 0 N–H and O–H groups in total. The minimum atomic E-state index is -3.44. The predicted octanol–water partition coefficient (Wildman–Crippen LogP) is 3.51. The van der Waals surface area contributed by atoms with Gasteiger partial charge in [0.25, 0.3) is 0 Å². The number of piperazine rings is 1. The zero-order chi connectivity index (χ0) is 23.6. The normalized spacial score (nSPS) is 15.0. The van der Waals surface area contributed by atoms with Crippen molar-refractivity contribution in [3.05, 3.63) is 71.7 Å². The summed E-state index contributed by atoms with van der Waals surface area (Å²) >= 11 is 0. The summed E-state index contributed by atoms with van der Waals surface area (Å²) in [6.45, 7) is 5.49. The van der Waals surface area contributed by atoms with E-state index in [2.05, 4.69) is 15.0 Å². The molecule has 2 aromatic heterocycles. The number of nitrogens with zero attached hydrogens (tertiary/aromatic N) is 5. The van der Waals surface area contributed by atoms with E-state index in [0.29, 0.717) is 25.3 Å². The molecule has 3 heterocycles. The van der Waals surface area contributed by atoms with Gasteiger partial charge in [-0.2, -0.15) is 5.10 Å². The standard InChI is InChI=1S/C23H25F2N5O2S.ClH/c1-17-18(16-27-30(17)23-22(33(2,31)32)6-3-7-26-23)5-4-8-28-9-11-29(12-10-28)21-14-19(24)13-20(25)15-21;/h3-7,13-16H,8-12H2,1-2H3;1H. The molecule has 11 heteroatoms. The summed E-state index contributed by atoms with van der Waals surface area (Å²) in [5.74, 6) is -0.858. The zero-order valence-electron chi connectivity index (χ0n) is 18.9. The second kappa shape index (κ2) is 10.6. The summed E-state index contributed by atoms with van der Waals surface area (Å²) in [6, 6.07) is 6.70. The average molecular weight is 510 g/mol. The molecule has 1 aromatic carbocycles. The van der Waals surface area contributed by atoms with Crippen LogP contribution < -0.4 is 4.90 Å². The van der Waals surface area contributed by atoms with Crippen LogP contribution in [0.15, 0.2) is 53.7 Å². The molecule has 7 nitrogen and oxygen atoms in total. The van der Waals surface area contributed by atoms with Crippen LogP contribution in [0.25, 0.3) is 11.9 Å². The number of rotatable bonds is 6. The second-order valence-electron chi connectivity index (χ2n) is 8.01. The summed E-state index contributed by atoms with van der Waals surface area (Å²) in [7, 11) is -3.44. The van der Waals surface area contributed by atoms with Gasteiger partial charge in [-0.3, -0.25) is 4.90 Å². The topological polar surface area (TPSA) is 71.3 Å². The Bertz CT molecular complexity index is 1270. The van der Waals surface area contributed by atoms with Crippen molar-refractivity contribution in [1.82, 2.24) is 19.7 Å². The lowest BCUT2D eigenvalue weighted by Crippen LogP contribution is -2.46. The highest BCUT2D eigenvalue weighted by Gasteiger charge is 2.19. The van der Waals surface area contributed by atoms with Crippen LogP contribution >= 0.6 is 12.4 Å². The minimum absolute atomic E-state index is 0. The van der Waals surface area contributed by atoms with Crippen LogP contribution in [0, 0.1) is 18.6 Å². The number of anilines is 1. The van der Waals surface area contributed by atoms with Crippen LogP contribution in [0.4, 0.5) is 14.5 Å². The molecule has 0 bridgehead atoms. The first kappa shape index (κ1) is 25.8. The molecule has 3 aromatic rings. The molecule has 0 saturated carbocycles. The summed E-state index contributed by atoms with van der Waals surface area (Å²) in [5.41, 5.74) is 2.22. The third-order valence-electron chi connectivity index (χ3n) is 5.64. The van der Waals surface area contributed by atoms with Gasteiger partial charge in [0.1, 0.15) is 16.5 Å². The maximum absolute atomic E-state index is 13.5. The van der Waals surface area contributed by atoms with Gasteiger partial charge < -0.3 is 4.90 Å². The fourth-order valence-corrected chi connectivity index (χ4v) is 4.67. The first-order valence-corrected chi connectivity index (χ1v) is 12.4. The molecule has 0 amide bonds. The molecule has 1 aliphatic heterocycles. The molecular formula is C23H26ClF2N5O2S. The van der Waals surface area contributed by atoms with Gasteiger partial charge in [0, 0.05) is 62.5 Å². The fourth-order valence-electron chi connectivity index (χ4n) is 3.87. The summed E-state index contributed by atoms with van der Waals surface area (Å²) in [5, 5.41) is 4.34. The Morgan fingerprint density at radius 3 is 2.41 bits per heavy atom. The van der Waals surface area contributed by atoms with Gasteiger partial charge in [-0.25, -0.2) is 26.9 Å². The summed E-state index contributed by atoms with van der Waals surface area (Å²) in [4.78, 5) is 8.58. The van der Waals surface area contributed by atoms with Crippen LogP contribution in [0.5, 0.6) is 0 Å². The molecule has 1 saturated heterocycles. The number of aromatic nitrogens is 3. The maximum atomic E-state index is 13.5. The number of benzene rings is 1. The van der Waals surface area contributed by atoms with Crippen molar-refractivity contribution in [3.63, 3.8) is 0 Å². The highest BCUT2D eigenvalue weighted by Crippen LogP contribution is 2.21. The third-order valence-corrected chi connectivity index (χ3v) is 6.76. The average Bonchev–Trinajstić information content (AvgIpc) is 3.13. The first-order valence-electron chi connectivity index (χ1n) is 10.5. The second-order valence-corrected chi connectivity index (χ2v) is 10.00. The molecule has 0 unspecified atom stereocenters. The molecule has 4 rings (SSSR count). The van der Waals surface area contributed by atoms with Gasteiger partial charge in [0.2, 0.25) is 0 Å². The van der Waals surface area contributed by atoms with Crippen LogP contribution in [0.3, 0.4) is 0 Å². The largest absolute Gasteiger partial charge is 0.369 e.